The number of hydrogen-bond donors (Lipinski definition) is 1. The molecule has 0 heterocycles. The maximum atomic E-state index is 3.60. The first-order valence-corrected chi connectivity index (χ1v) is 8.04. The zero-order valence-corrected chi connectivity index (χ0v) is 12.2. The summed E-state index contributed by atoms with van der Waals surface area (Å²) in [5.41, 5.74) is 1.48. The Morgan fingerprint density at radius 3 is 2.35 bits per heavy atom. The van der Waals surface area contributed by atoms with E-state index in [-0.39, 0.29) is 0 Å². The molecule has 2 saturated carbocycles. The molecule has 0 spiro atoms. The zero-order chi connectivity index (χ0) is 13.5. The molecule has 0 radical (unpaired) electrons. The fourth-order valence-corrected chi connectivity index (χ4v) is 4.52. The second kappa shape index (κ2) is 4.89. The summed E-state index contributed by atoms with van der Waals surface area (Å²) >= 11 is 0. The first kappa shape index (κ1) is 12.4. The largest absolute Gasteiger partial charge is 0.313 e. The second-order valence-corrected chi connectivity index (χ2v) is 6.56. The molecular formula is C19H23N. The second-order valence-electron chi connectivity index (χ2n) is 6.56. The Bertz CT molecular complexity index is 606. The molecule has 0 bridgehead atoms. The molecule has 2 aromatic carbocycles. The van der Waals surface area contributed by atoms with Crippen LogP contribution in [-0.2, 0) is 0 Å². The van der Waals surface area contributed by atoms with Gasteiger partial charge in [0.2, 0.25) is 0 Å². The van der Waals surface area contributed by atoms with E-state index < -0.39 is 0 Å². The van der Waals surface area contributed by atoms with Gasteiger partial charge in [-0.1, -0.05) is 49.2 Å². The van der Waals surface area contributed by atoms with E-state index in [0.717, 1.165) is 17.8 Å². The van der Waals surface area contributed by atoms with Crippen molar-refractivity contribution >= 4 is 10.8 Å². The summed E-state index contributed by atoms with van der Waals surface area (Å²) in [5.74, 6) is 2.86. The van der Waals surface area contributed by atoms with E-state index in [4.69, 9.17) is 0 Å². The highest BCUT2D eigenvalue weighted by Crippen LogP contribution is 2.60. The zero-order valence-electron chi connectivity index (χ0n) is 12.2. The molecule has 1 nitrogen and oxygen atoms in total. The summed E-state index contributed by atoms with van der Waals surface area (Å²) in [4.78, 5) is 0. The van der Waals surface area contributed by atoms with Crippen LogP contribution in [0.5, 0.6) is 0 Å². The minimum atomic E-state index is 0.549. The number of benzene rings is 2. The summed E-state index contributed by atoms with van der Waals surface area (Å²) in [6, 6.07) is 16.2. The fourth-order valence-electron chi connectivity index (χ4n) is 4.52. The molecule has 3 unspecified atom stereocenters. The van der Waals surface area contributed by atoms with Crippen LogP contribution in [0.15, 0.2) is 42.5 Å². The lowest BCUT2D eigenvalue weighted by Crippen LogP contribution is -2.19. The standard InChI is InChI=1S/C19H23N/c1-20-19(18-16-8-4-5-9-17(16)18)15-11-10-13-6-2-3-7-14(13)12-15/h2-3,6-7,10-12,16-20H,4-5,8-9H2,1H3. The molecule has 1 heteroatoms. The molecule has 20 heavy (non-hydrogen) atoms. The van der Waals surface area contributed by atoms with E-state index in [0.29, 0.717) is 6.04 Å². The SMILES string of the molecule is CNC(c1ccc2ccccc2c1)C1C2CCCCC21. The normalized spacial score (nSPS) is 29.9. The third-order valence-electron chi connectivity index (χ3n) is 5.55. The van der Waals surface area contributed by atoms with Crippen LogP contribution < -0.4 is 5.32 Å². The summed E-state index contributed by atoms with van der Waals surface area (Å²) in [5, 5.41) is 6.32. The number of nitrogens with one attached hydrogen (secondary N) is 1. The lowest BCUT2D eigenvalue weighted by atomic mass is 9.97. The van der Waals surface area contributed by atoms with Crippen LogP contribution in [0.3, 0.4) is 0 Å². The molecule has 4 rings (SSSR count). The molecule has 0 saturated heterocycles. The predicted molar refractivity (Wildman–Crippen MR) is 84.7 cm³/mol. The maximum absolute atomic E-state index is 3.60. The van der Waals surface area contributed by atoms with Gasteiger partial charge in [0.25, 0.3) is 0 Å². The molecule has 1 N–H and O–H groups in total. The lowest BCUT2D eigenvalue weighted by Gasteiger charge is -2.18. The van der Waals surface area contributed by atoms with Crippen molar-refractivity contribution in [3.8, 4) is 0 Å². The minimum absolute atomic E-state index is 0.549. The van der Waals surface area contributed by atoms with Crippen LogP contribution in [0.1, 0.15) is 37.3 Å². The van der Waals surface area contributed by atoms with Gasteiger partial charge >= 0.3 is 0 Å². The molecule has 104 valence electrons. The highest BCUT2D eigenvalue weighted by atomic mass is 14.9. The quantitative estimate of drug-likeness (QED) is 0.859. The van der Waals surface area contributed by atoms with Gasteiger partial charge in [0.15, 0.2) is 0 Å². The highest BCUT2D eigenvalue weighted by Gasteiger charge is 2.53. The number of hydrogen-bond acceptors (Lipinski definition) is 1. The van der Waals surface area contributed by atoms with Crippen molar-refractivity contribution in [3.05, 3.63) is 48.0 Å². The summed E-state index contributed by atoms with van der Waals surface area (Å²) in [6.07, 6.45) is 5.82. The first-order valence-electron chi connectivity index (χ1n) is 8.04. The Morgan fingerprint density at radius 1 is 0.950 bits per heavy atom. The Hall–Kier alpha value is -1.34. The Labute approximate surface area is 121 Å². The molecule has 2 fully saturated rings. The number of fused-ring (bicyclic) bond motifs is 2. The third kappa shape index (κ3) is 1.96. The molecule has 0 aliphatic heterocycles. The average Bonchev–Trinajstić information content (AvgIpc) is 3.22. The van der Waals surface area contributed by atoms with Gasteiger partial charge in [-0.05, 0) is 60.0 Å². The van der Waals surface area contributed by atoms with E-state index in [9.17, 15) is 0 Å². The summed E-state index contributed by atoms with van der Waals surface area (Å²) in [6.45, 7) is 0. The Balaban J connectivity index is 1.66. The van der Waals surface area contributed by atoms with E-state index in [1.54, 1.807) is 0 Å². The van der Waals surface area contributed by atoms with Crippen molar-refractivity contribution in [1.29, 1.82) is 0 Å². The van der Waals surface area contributed by atoms with Crippen LogP contribution in [0, 0.1) is 17.8 Å². The van der Waals surface area contributed by atoms with Gasteiger partial charge in [-0.2, -0.15) is 0 Å². The van der Waals surface area contributed by atoms with Crippen LogP contribution in [0.25, 0.3) is 10.8 Å². The van der Waals surface area contributed by atoms with Crippen molar-refractivity contribution in [2.75, 3.05) is 7.05 Å². The maximum Gasteiger partial charge on any atom is 0.0351 e. The topological polar surface area (TPSA) is 12.0 Å². The van der Waals surface area contributed by atoms with Gasteiger partial charge in [0.1, 0.15) is 0 Å². The van der Waals surface area contributed by atoms with E-state index in [2.05, 4.69) is 54.8 Å². The third-order valence-corrected chi connectivity index (χ3v) is 5.55. The molecule has 0 aromatic heterocycles. The van der Waals surface area contributed by atoms with Gasteiger partial charge in [0, 0.05) is 6.04 Å². The van der Waals surface area contributed by atoms with E-state index >= 15 is 0 Å². The Morgan fingerprint density at radius 2 is 1.65 bits per heavy atom. The summed E-state index contributed by atoms with van der Waals surface area (Å²) in [7, 11) is 2.13. The van der Waals surface area contributed by atoms with E-state index in [1.807, 2.05) is 0 Å². The van der Waals surface area contributed by atoms with Crippen LogP contribution in [0.4, 0.5) is 0 Å². The molecule has 2 aromatic rings. The number of rotatable bonds is 3. The molecule has 0 amide bonds. The van der Waals surface area contributed by atoms with Crippen molar-refractivity contribution in [3.63, 3.8) is 0 Å². The van der Waals surface area contributed by atoms with Crippen molar-refractivity contribution in [1.82, 2.24) is 5.32 Å². The summed E-state index contributed by atoms with van der Waals surface area (Å²) < 4.78 is 0. The highest BCUT2D eigenvalue weighted by molar-refractivity contribution is 5.83. The van der Waals surface area contributed by atoms with Crippen molar-refractivity contribution in [2.45, 2.75) is 31.7 Å². The van der Waals surface area contributed by atoms with Crippen molar-refractivity contribution in [2.24, 2.45) is 17.8 Å². The monoisotopic (exact) mass is 265 g/mol. The predicted octanol–water partition coefficient (Wildman–Crippen LogP) is 4.54. The van der Waals surface area contributed by atoms with Gasteiger partial charge in [-0.25, -0.2) is 0 Å². The van der Waals surface area contributed by atoms with E-state index in [1.165, 1.54) is 42.0 Å². The van der Waals surface area contributed by atoms with Gasteiger partial charge in [-0.3, -0.25) is 0 Å². The van der Waals surface area contributed by atoms with Crippen LogP contribution >= 0.6 is 0 Å². The Kier molecular flexibility index (Phi) is 3.03. The fraction of sp³-hybridized carbons (Fsp3) is 0.474. The lowest BCUT2D eigenvalue weighted by molar-refractivity contribution is 0.480. The van der Waals surface area contributed by atoms with Gasteiger partial charge in [-0.15, -0.1) is 0 Å². The van der Waals surface area contributed by atoms with Crippen LogP contribution in [0.2, 0.25) is 0 Å². The first-order chi connectivity index (χ1) is 9.88. The van der Waals surface area contributed by atoms with Crippen molar-refractivity contribution < 1.29 is 0 Å². The van der Waals surface area contributed by atoms with Gasteiger partial charge < -0.3 is 5.32 Å². The average molecular weight is 265 g/mol. The smallest absolute Gasteiger partial charge is 0.0351 e. The minimum Gasteiger partial charge on any atom is -0.313 e. The molecular weight excluding hydrogens is 242 g/mol. The van der Waals surface area contributed by atoms with Crippen LogP contribution in [-0.4, -0.2) is 7.05 Å². The molecule has 3 atom stereocenters. The molecule has 2 aliphatic carbocycles. The van der Waals surface area contributed by atoms with Gasteiger partial charge in [0.05, 0.1) is 0 Å². The molecule has 2 aliphatic rings.